The lowest BCUT2D eigenvalue weighted by Gasteiger charge is -2.41. The molecule has 212 valence electrons. The Labute approximate surface area is 235 Å². The lowest BCUT2D eigenvalue weighted by molar-refractivity contribution is -0.133. The molecule has 40 heavy (non-hydrogen) atoms. The van der Waals surface area contributed by atoms with Crippen LogP contribution in [-0.2, 0) is 9.59 Å². The van der Waals surface area contributed by atoms with Crippen molar-refractivity contribution in [2.24, 2.45) is 0 Å². The highest BCUT2D eigenvalue weighted by molar-refractivity contribution is 6.07. The number of amides is 6. The Morgan fingerprint density at radius 3 is 1.62 bits per heavy atom. The van der Waals surface area contributed by atoms with Crippen LogP contribution in [0.1, 0.15) is 36.8 Å². The van der Waals surface area contributed by atoms with Crippen LogP contribution >= 0.6 is 0 Å². The summed E-state index contributed by atoms with van der Waals surface area (Å²) in [5, 5.41) is 5.11. The number of urea groups is 2. The smallest absolute Gasteiger partial charge is 0.327 e. The number of nitrogens with one attached hydrogen (secondary N) is 2. The van der Waals surface area contributed by atoms with E-state index in [0.717, 1.165) is 26.2 Å². The monoisotopic (exact) mass is 546 g/mol. The van der Waals surface area contributed by atoms with Gasteiger partial charge in [-0.2, -0.15) is 0 Å². The predicted octanol–water partition coefficient (Wildman–Crippen LogP) is 3.03. The SMILES string of the molecule is Cc1cccc(N2CCC3(CC2)C(=O)N(C)C(=O)N3C)c1.Cc1cccc(N2CCC3(CC2)NC(=O)NC3=O)c1. The first-order valence-electron chi connectivity index (χ1n) is 13.9. The maximum absolute atomic E-state index is 12.4. The zero-order valence-electron chi connectivity index (χ0n) is 23.7. The van der Waals surface area contributed by atoms with Gasteiger partial charge in [0, 0.05) is 51.6 Å². The third kappa shape index (κ3) is 4.87. The van der Waals surface area contributed by atoms with Crippen LogP contribution in [0, 0.1) is 13.8 Å². The summed E-state index contributed by atoms with van der Waals surface area (Å²) >= 11 is 0. The van der Waals surface area contributed by atoms with E-state index in [0.29, 0.717) is 25.7 Å². The van der Waals surface area contributed by atoms with Crippen LogP contribution in [0.4, 0.5) is 21.0 Å². The van der Waals surface area contributed by atoms with E-state index in [-0.39, 0.29) is 23.9 Å². The fraction of sp³-hybridized carbons (Fsp3) is 0.467. The largest absolute Gasteiger partial charge is 0.371 e. The van der Waals surface area contributed by atoms with E-state index >= 15 is 0 Å². The fourth-order valence-corrected chi connectivity index (χ4v) is 6.31. The number of carbonyl (C=O) groups excluding carboxylic acids is 4. The molecular weight excluding hydrogens is 508 g/mol. The van der Waals surface area contributed by atoms with E-state index in [4.69, 9.17) is 0 Å². The van der Waals surface area contributed by atoms with Crippen LogP contribution in [0.15, 0.2) is 48.5 Å². The van der Waals surface area contributed by atoms with Gasteiger partial charge in [0.25, 0.3) is 11.8 Å². The van der Waals surface area contributed by atoms with Gasteiger partial charge >= 0.3 is 12.1 Å². The van der Waals surface area contributed by atoms with Gasteiger partial charge in [0.1, 0.15) is 11.1 Å². The molecule has 10 heteroatoms. The van der Waals surface area contributed by atoms with Gasteiger partial charge in [-0.05, 0) is 74.9 Å². The summed E-state index contributed by atoms with van der Waals surface area (Å²) in [6.07, 6.45) is 2.68. The van der Waals surface area contributed by atoms with Crippen molar-refractivity contribution in [1.82, 2.24) is 20.4 Å². The van der Waals surface area contributed by atoms with Crippen molar-refractivity contribution in [3.8, 4) is 0 Å². The number of hydrogen-bond acceptors (Lipinski definition) is 6. The van der Waals surface area contributed by atoms with Crippen LogP contribution in [0.3, 0.4) is 0 Å². The molecule has 2 N–H and O–H groups in total. The highest BCUT2D eigenvalue weighted by atomic mass is 16.2. The zero-order valence-corrected chi connectivity index (χ0v) is 23.7. The summed E-state index contributed by atoms with van der Waals surface area (Å²) in [4.78, 5) is 55.0. The summed E-state index contributed by atoms with van der Waals surface area (Å²) in [7, 11) is 3.31. The normalized spacial score (nSPS) is 21.5. The number of piperidine rings is 2. The molecule has 2 aromatic carbocycles. The Morgan fingerprint density at radius 2 is 1.23 bits per heavy atom. The molecule has 6 rings (SSSR count). The van der Waals surface area contributed by atoms with Crippen LogP contribution in [-0.4, -0.2) is 85.0 Å². The molecule has 10 nitrogen and oxygen atoms in total. The number of anilines is 2. The minimum atomic E-state index is -0.683. The predicted molar refractivity (Wildman–Crippen MR) is 153 cm³/mol. The summed E-state index contributed by atoms with van der Waals surface area (Å²) in [5.41, 5.74) is 3.52. The molecule has 0 bridgehead atoms. The molecule has 0 aliphatic carbocycles. The molecule has 4 aliphatic heterocycles. The number of carbonyl (C=O) groups is 4. The number of hydrogen-bond donors (Lipinski definition) is 2. The molecule has 0 saturated carbocycles. The zero-order chi connectivity index (χ0) is 28.7. The van der Waals surface area contributed by atoms with Gasteiger partial charge in [-0.1, -0.05) is 24.3 Å². The standard InChI is InChI=1S/C16H21N3O2.C14H17N3O2/c1-12-5-4-6-13(11-12)19-9-7-16(8-10-19)14(20)17(2)15(21)18(16)3;1-10-3-2-4-11(9-10)17-7-5-14(6-8-17)12(18)15-13(19)16-14/h4-6,11H,7-10H2,1-3H3;2-4,9H,5-8H2,1H3,(H2,15,16,18,19). The number of imide groups is 2. The second kappa shape index (κ2) is 10.5. The molecular formula is C30H38N6O4. The van der Waals surface area contributed by atoms with Crippen molar-refractivity contribution in [3.05, 3.63) is 59.7 Å². The molecule has 6 amide bonds. The number of likely N-dealkylation sites (N-methyl/N-ethyl adjacent to an activating group) is 2. The van der Waals surface area contributed by atoms with E-state index in [9.17, 15) is 19.2 Å². The van der Waals surface area contributed by atoms with Gasteiger partial charge in [-0.15, -0.1) is 0 Å². The maximum atomic E-state index is 12.4. The summed E-state index contributed by atoms with van der Waals surface area (Å²) in [6, 6.07) is 16.2. The van der Waals surface area contributed by atoms with Crippen LogP contribution in [0.2, 0.25) is 0 Å². The van der Waals surface area contributed by atoms with Crippen molar-refractivity contribution in [3.63, 3.8) is 0 Å². The van der Waals surface area contributed by atoms with Crippen LogP contribution in [0.5, 0.6) is 0 Å². The Morgan fingerprint density at radius 1 is 0.725 bits per heavy atom. The molecule has 4 fully saturated rings. The Bertz CT molecular complexity index is 1330. The summed E-state index contributed by atoms with van der Waals surface area (Å²) in [6.45, 7) is 7.28. The van der Waals surface area contributed by atoms with E-state index in [1.165, 1.54) is 27.4 Å². The number of aryl methyl sites for hydroxylation is 2. The molecule has 0 unspecified atom stereocenters. The Hall–Kier alpha value is -4.08. The molecule has 2 aromatic rings. The highest BCUT2D eigenvalue weighted by Crippen LogP contribution is 2.36. The lowest BCUT2D eigenvalue weighted by atomic mass is 9.86. The molecule has 0 radical (unpaired) electrons. The topological polar surface area (TPSA) is 105 Å². The van der Waals surface area contributed by atoms with E-state index in [1.54, 1.807) is 19.0 Å². The molecule has 4 heterocycles. The Balaban J connectivity index is 0.000000162. The first-order chi connectivity index (χ1) is 19.0. The number of nitrogens with zero attached hydrogens (tertiary/aromatic N) is 4. The van der Waals surface area contributed by atoms with Crippen molar-refractivity contribution in [1.29, 1.82) is 0 Å². The minimum absolute atomic E-state index is 0.0566. The number of rotatable bonds is 2. The van der Waals surface area contributed by atoms with Crippen LogP contribution in [0.25, 0.3) is 0 Å². The first kappa shape index (κ1) is 27.5. The molecule has 0 aromatic heterocycles. The summed E-state index contributed by atoms with van der Waals surface area (Å²) < 4.78 is 0. The second-order valence-electron chi connectivity index (χ2n) is 11.4. The average Bonchev–Trinajstić information content (AvgIpc) is 3.30. The van der Waals surface area contributed by atoms with Gasteiger partial charge in [0.2, 0.25) is 0 Å². The van der Waals surface area contributed by atoms with Gasteiger partial charge < -0.3 is 20.0 Å². The summed E-state index contributed by atoms with van der Waals surface area (Å²) in [5.74, 6) is -0.236. The molecule has 4 saturated heterocycles. The van der Waals surface area contributed by atoms with Gasteiger partial charge in [0.15, 0.2) is 0 Å². The molecule has 0 atom stereocenters. The molecule has 4 aliphatic rings. The second-order valence-corrected chi connectivity index (χ2v) is 11.4. The van der Waals surface area contributed by atoms with Crippen molar-refractivity contribution in [2.45, 2.75) is 50.6 Å². The van der Waals surface area contributed by atoms with Crippen LogP contribution < -0.4 is 20.4 Å². The van der Waals surface area contributed by atoms with E-state index in [2.05, 4.69) is 76.7 Å². The van der Waals surface area contributed by atoms with E-state index in [1.807, 2.05) is 6.07 Å². The third-order valence-corrected chi connectivity index (χ3v) is 8.87. The third-order valence-electron chi connectivity index (χ3n) is 8.87. The minimum Gasteiger partial charge on any atom is -0.371 e. The first-order valence-corrected chi connectivity index (χ1v) is 13.9. The fourth-order valence-electron chi connectivity index (χ4n) is 6.31. The highest BCUT2D eigenvalue weighted by Gasteiger charge is 2.55. The average molecular weight is 547 g/mol. The Kier molecular flexibility index (Phi) is 7.20. The van der Waals surface area contributed by atoms with E-state index < -0.39 is 11.1 Å². The van der Waals surface area contributed by atoms with Gasteiger partial charge in [-0.25, -0.2) is 9.59 Å². The van der Waals surface area contributed by atoms with Gasteiger partial charge in [-0.3, -0.25) is 19.8 Å². The quantitative estimate of drug-likeness (QED) is 0.561. The van der Waals surface area contributed by atoms with Crippen molar-refractivity contribution >= 4 is 35.3 Å². The van der Waals surface area contributed by atoms with Crippen molar-refractivity contribution in [2.75, 3.05) is 50.1 Å². The maximum Gasteiger partial charge on any atom is 0.327 e. The van der Waals surface area contributed by atoms with Crippen molar-refractivity contribution < 1.29 is 19.2 Å². The van der Waals surface area contributed by atoms with Gasteiger partial charge in [0.05, 0.1) is 0 Å². The number of benzene rings is 2. The lowest BCUT2D eigenvalue weighted by Crippen LogP contribution is -2.55. The molecule has 2 spiro atoms.